The molecular formula is C20H20F3N3O2S. The van der Waals surface area contributed by atoms with Crippen molar-refractivity contribution in [1.82, 2.24) is 9.55 Å². The first-order valence-electron chi connectivity index (χ1n) is 8.88. The minimum absolute atomic E-state index is 0.102. The summed E-state index contributed by atoms with van der Waals surface area (Å²) in [5.41, 5.74) is 1.02. The number of anilines is 1. The number of hydrogen-bond acceptors (Lipinski definition) is 4. The summed E-state index contributed by atoms with van der Waals surface area (Å²) in [6, 6.07) is 12.2. The van der Waals surface area contributed by atoms with E-state index < -0.39 is 22.9 Å². The largest absolute Gasteiger partial charge is 0.416 e. The quantitative estimate of drug-likeness (QED) is 0.554. The molecular weight excluding hydrogens is 403 g/mol. The number of amides is 1. The first kappa shape index (κ1) is 21.2. The molecule has 0 radical (unpaired) electrons. The number of ether oxygens (including phenoxy) is 1. The number of para-hydroxylation sites is 2. The minimum atomic E-state index is -4.46. The molecule has 0 saturated heterocycles. The van der Waals surface area contributed by atoms with Gasteiger partial charge in [0.05, 0.1) is 28.5 Å². The summed E-state index contributed by atoms with van der Waals surface area (Å²) in [6.07, 6.45) is -4.46. The van der Waals surface area contributed by atoms with E-state index in [-0.39, 0.29) is 5.69 Å². The van der Waals surface area contributed by atoms with Gasteiger partial charge in [-0.25, -0.2) is 4.98 Å². The number of nitrogens with zero attached hydrogens (tertiary/aromatic N) is 2. The van der Waals surface area contributed by atoms with Gasteiger partial charge in [-0.05, 0) is 37.3 Å². The molecule has 2 aromatic carbocycles. The Morgan fingerprint density at radius 1 is 1.24 bits per heavy atom. The maximum atomic E-state index is 12.9. The summed E-state index contributed by atoms with van der Waals surface area (Å²) in [5.74, 6) is -0.403. The van der Waals surface area contributed by atoms with Gasteiger partial charge >= 0.3 is 6.18 Å². The maximum Gasteiger partial charge on any atom is 0.416 e. The number of thioether (sulfide) groups is 1. The number of halogens is 3. The van der Waals surface area contributed by atoms with Crippen molar-refractivity contribution >= 4 is 34.4 Å². The van der Waals surface area contributed by atoms with Crippen LogP contribution in [-0.2, 0) is 22.3 Å². The molecule has 0 saturated carbocycles. The van der Waals surface area contributed by atoms with Gasteiger partial charge < -0.3 is 14.6 Å². The van der Waals surface area contributed by atoms with Crippen LogP contribution in [-0.4, -0.2) is 34.4 Å². The average Bonchev–Trinajstić information content (AvgIpc) is 3.02. The smallest absolute Gasteiger partial charge is 0.383 e. The highest BCUT2D eigenvalue weighted by Crippen LogP contribution is 2.31. The van der Waals surface area contributed by atoms with Crippen LogP contribution in [0, 0.1) is 0 Å². The zero-order valence-electron chi connectivity index (χ0n) is 15.9. The molecule has 1 atom stereocenters. The number of alkyl halides is 3. The second-order valence-electron chi connectivity index (χ2n) is 6.36. The van der Waals surface area contributed by atoms with E-state index in [2.05, 4.69) is 10.3 Å². The molecule has 1 heterocycles. The second kappa shape index (κ2) is 8.87. The van der Waals surface area contributed by atoms with Gasteiger partial charge in [0.1, 0.15) is 0 Å². The first-order valence-corrected chi connectivity index (χ1v) is 9.76. The van der Waals surface area contributed by atoms with Crippen LogP contribution in [0.4, 0.5) is 18.9 Å². The fraction of sp³-hybridized carbons (Fsp3) is 0.300. The SMILES string of the molecule is COCCn1c(SC(C)C(=O)Nc2cccc(C(F)(F)F)c2)nc2ccccc21. The van der Waals surface area contributed by atoms with Crippen LogP contribution in [0.5, 0.6) is 0 Å². The summed E-state index contributed by atoms with van der Waals surface area (Å²) in [5, 5.41) is 2.63. The molecule has 3 rings (SSSR count). The number of carbonyl (C=O) groups is 1. The van der Waals surface area contributed by atoms with E-state index in [9.17, 15) is 18.0 Å². The highest BCUT2D eigenvalue weighted by atomic mass is 32.2. The summed E-state index contributed by atoms with van der Waals surface area (Å²) >= 11 is 1.25. The van der Waals surface area contributed by atoms with Gasteiger partial charge in [-0.15, -0.1) is 0 Å². The number of hydrogen-bond donors (Lipinski definition) is 1. The van der Waals surface area contributed by atoms with Crippen molar-refractivity contribution in [2.75, 3.05) is 19.0 Å². The molecule has 1 amide bonds. The van der Waals surface area contributed by atoms with Crippen molar-refractivity contribution in [3.05, 3.63) is 54.1 Å². The number of benzene rings is 2. The lowest BCUT2D eigenvalue weighted by Gasteiger charge is -2.14. The molecule has 3 aromatic rings. The van der Waals surface area contributed by atoms with E-state index >= 15 is 0 Å². The van der Waals surface area contributed by atoms with E-state index in [1.807, 2.05) is 28.8 Å². The van der Waals surface area contributed by atoms with Crippen molar-refractivity contribution in [3.63, 3.8) is 0 Å². The molecule has 29 heavy (non-hydrogen) atoms. The van der Waals surface area contributed by atoms with Crippen LogP contribution in [0.1, 0.15) is 12.5 Å². The normalized spacial score (nSPS) is 12.9. The fourth-order valence-corrected chi connectivity index (χ4v) is 3.72. The Morgan fingerprint density at radius 2 is 2.00 bits per heavy atom. The number of imidazole rings is 1. The average molecular weight is 423 g/mol. The predicted octanol–water partition coefficient (Wildman–Crippen LogP) is 4.82. The Kier molecular flexibility index (Phi) is 6.49. The number of nitrogens with one attached hydrogen (secondary N) is 1. The van der Waals surface area contributed by atoms with Crippen molar-refractivity contribution in [2.45, 2.75) is 30.1 Å². The van der Waals surface area contributed by atoms with E-state index in [1.165, 1.54) is 23.9 Å². The summed E-state index contributed by atoms with van der Waals surface area (Å²) in [6.45, 7) is 2.74. The molecule has 0 bridgehead atoms. The van der Waals surface area contributed by atoms with Gasteiger partial charge in [0.25, 0.3) is 0 Å². The van der Waals surface area contributed by atoms with E-state index in [0.717, 1.165) is 23.2 Å². The third kappa shape index (κ3) is 5.10. The van der Waals surface area contributed by atoms with Crippen molar-refractivity contribution in [2.24, 2.45) is 0 Å². The first-order chi connectivity index (χ1) is 13.8. The molecule has 0 aliphatic heterocycles. The molecule has 1 aromatic heterocycles. The zero-order chi connectivity index (χ0) is 21.0. The Hall–Kier alpha value is -2.52. The van der Waals surface area contributed by atoms with Crippen LogP contribution in [0.3, 0.4) is 0 Å². The van der Waals surface area contributed by atoms with Gasteiger partial charge in [0, 0.05) is 19.3 Å². The number of methoxy groups -OCH3 is 1. The Balaban J connectivity index is 1.76. The number of rotatable bonds is 7. The highest BCUT2D eigenvalue weighted by molar-refractivity contribution is 8.00. The standard InChI is InChI=1S/C20H20F3N3O2S/c1-13(18(27)24-15-7-5-6-14(12-15)20(21,22)23)29-19-25-16-8-3-4-9-17(16)26(19)10-11-28-2/h3-9,12-13H,10-11H2,1-2H3,(H,24,27). The third-order valence-corrected chi connectivity index (χ3v) is 5.34. The number of aromatic nitrogens is 2. The van der Waals surface area contributed by atoms with Crippen molar-refractivity contribution in [1.29, 1.82) is 0 Å². The molecule has 9 heteroatoms. The molecule has 5 nitrogen and oxygen atoms in total. The van der Waals surface area contributed by atoms with Gasteiger partial charge in [-0.2, -0.15) is 13.2 Å². The Morgan fingerprint density at radius 3 is 2.72 bits per heavy atom. The molecule has 1 N–H and O–H groups in total. The third-order valence-electron chi connectivity index (χ3n) is 4.25. The van der Waals surface area contributed by atoms with Crippen LogP contribution in [0.25, 0.3) is 11.0 Å². The van der Waals surface area contributed by atoms with Gasteiger partial charge in [-0.1, -0.05) is 30.0 Å². The molecule has 0 fully saturated rings. The van der Waals surface area contributed by atoms with Gasteiger partial charge in [-0.3, -0.25) is 4.79 Å². The monoisotopic (exact) mass is 423 g/mol. The fourth-order valence-electron chi connectivity index (χ4n) is 2.77. The van der Waals surface area contributed by atoms with Gasteiger partial charge in [0.15, 0.2) is 5.16 Å². The second-order valence-corrected chi connectivity index (χ2v) is 7.66. The topological polar surface area (TPSA) is 56.1 Å². The predicted molar refractivity (Wildman–Crippen MR) is 107 cm³/mol. The van der Waals surface area contributed by atoms with Crippen LogP contribution < -0.4 is 5.32 Å². The molecule has 0 aliphatic rings. The summed E-state index contributed by atoms with van der Waals surface area (Å²) in [7, 11) is 1.61. The van der Waals surface area contributed by atoms with E-state index in [4.69, 9.17) is 4.74 Å². The van der Waals surface area contributed by atoms with Crippen LogP contribution >= 0.6 is 11.8 Å². The molecule has 0 spiro atoms. The minimum Gasteiger partial charge on any atom is -0.383 e. The van der Waals surface area contributed by atoms with Crippen molar-refractivity contribution < 1.29 is 22.7 Å². The Labute approximate surface area is 170 Å². The highest BCUT2D eigenvalue weighted by Gasteiger charge is 2.30. The zero-order valence-corrected chi connectivity index (χ0v) is 16.7. The van der Waals surface area contributed by atoms with Crippen molar-refractivity contribution in [3.8, 4) is 0 Å². The van der Waals surface area contributed by atoms with Crippen LogP contribution in [0.2, 0.25) is 0 Å². The number of carbonyl (C=O) groups excluding carboxylic acids is 1. The molecule has 0 aliphatic carbocycles. The van der Waals surface area contributed by atoms with Gasteiger partial charge in [0.2, 0.25) is 5.91 Å². The maximum absolute atomic E-state index is 12.9. The molecule has 154 valence electrons. The van der Waals surface area contributed by atoms with E-state index in [0.29, 0.717) is 18.3 Å². The summed E-state index contributed by atoms with van der Waals surface area (Å²) < 4.78 is 45.7. The lowest BCUT2D eigenvalue weighted by atomic mass is 10.2. The summed E-state index contributed by atoms with van der Waals surface area (Å²) in [4.78, 5) is 17.1. The van der Waals surface area contributed by atoms with Crippen LogP contribution in [0.15, 0.2) is 53.7 Å². The lowest BCUT2D eigenvalue weighted by Crippen LogP contribution is -2.23. The Bertz CT molecular complexity index is 1000. The lowest BCUT2D eigenvalue weighted by molar-refractivity contribution is -0.137. The van der Waals surface area contributed by atoms with E-state index in [1.54, 1.807) is 14.0 Å². The molecule has 1 unspecified atom stereocenters. The number of fused-ring (bicyclic) bond motifs is 1.